The van der Waals surface area contributed by atoms with Crippen LogP contribution in [0.15, 0.2) is 18.2 Å². The number of benzene rings is 1. The van der Waals surface area contributed by atoms with Crippen LogP contribution in [-0.2, 0) is 0 Å². The van der Waals surface area contributed by atoms with Gasteiger partial charge >= 0.3 is 0 Å². The number of hydrogen-bond acceptors (Lipinski definition) is 5. The van der Waals surface area contributed by atoms with Gasteiger partial charge in [0.2, 0.25) is 0 Å². The van der Waals surface area contributed by atoms with Gasteiger partial charge in [0.25, 0.3) is 0 Å². The fraction of sp³-hybridized carbons (Fsp3) is 0.357. The Morgan fingerprint density at radius 3 is 2.11 bits per heavy atom. The second-order valence-electron chi connectivity index (χ2n) is 4.32. The lowest BCUT2D eigenvalue weighted by atomic mass is 10.1. The summed E-state index contributed by atoms with van der Waals surface area (Å²) in [5.41, 5.74) is 8.25. The molecule has 1 atom stereocenters. The standard InChI is InChI=1S/C14H18N2O2S/c1-8-9(2)19-14(16-8)13(15)10-5-11(17-3)7-12(6-10)18-4/h5-7,13H,15H2,1-4H3. The number of hydrogen-bond donors (Lipinski definition) is 1. The molecule has 0 bridgehead atoms. The van der Waals surface area contributed by atoms with Crippen LogP contribution in [0.3, 0.4) is 0 Å². The SMILES string of the molecule is COc1cc(OC)cc(C(N)c2nc(C)c(C)s2)c1. The van der Waals surface area contributed by atoms with E-state index in [0.717, 1.165) is 27.8 Å². The van der Waals surface area contributed by atoms with Crippen molar-refractivity contribution < 1.29 is 9.47 Å². The number of rotatable bonds is 4. The van der Waals surface area contributed by atoms with Crippen molar-refractivity contribution in [3.63, 3.8) is 0 Å². The fourth-order valence-corrected chi connectivity index (χ4v) is 2.73. The normalized spacial score (nSPS) is 12.3. The molecule has 4 nitrogen and oxygen atoms in total. The van der Waals surface area contributed by atoms with E-state index in [9.17, 15) is 0 Å². The summed E-state index contributed by atoms with van der Waals surface area (Å²) < 4.78 is 10.5. The highest BCUT2D eigenvalue weighted by Gasteiger charge is 2.16. The Bertz CT molecular complexity index is 539. The van der Waals surface area contributed by atoms with Gasteiger partial charge in [0.1, 0.15) is 16.5 Å². The Labute approximate surface area is 117 Å². The van der Waals surface area contributed by atoms with Crippen molar-refractivity contribution in [3.8, 4) is 11.5 Å². The molecule has 5 heteroatoms. The van der Waals surface area contributed by atoms with Gasteiger partial charge in [-0.15, -0.1) is 11.3 Å². The molecule has 0 saturated carbocycles. The molecule has 2 N–H and O–H groups in total. The van der Waals surface area contributed by atoms with E-state index < -0.39 is 0 Å². The first-order chi connectivity index (χ1) is 9.05. The molecular weight excluding hydrogens is 260 g/mol. The number of nitrogens with two attached hydrogens (primary N) is 1. The maximum absolute atomic E-state index is 6.28. The molecule has 102 valence electrons. The summed E-state index contributed by atoms with van der Waals surface area (Å²) in [5, 5.41) is 0.908. The highest BCUT2D eigenvalue weighted by Crippen LogP contribution is 2.31. The van der Waals surface area contributed by atoms with Crippen LogP contribution in [0.5, 0.6) is 11.5 Å². The molecule has 2 rings (SSSR count). The second-order valence-corrected chi connectivity index (χ2v) is 5.55. The predicted octanol–water partition coefficient (Wildman–Crippen LogP) is 2.83. The first-order valence-electron chi connectivity index (χ1n) is 5.97. The Kier molecular flexibility index (Phi) is 4.07. The first-order valence-corrected chi connectivity index (χ1v) is 6.79. The zero-order valence-corrected chi connectivity index (χ0v) is 12.4. The van der Waals surface area contributed by atoms with Crippen LogP contribution >= 0.6 is 11.3 Å². The third kappa shape index (κ3) is 2.88. The van der Waals surface area contributed by atoms with Crippen LogP contribution in [0.4, 0.5) is 0 Å². The van der Waals surface area contributed by atoms with Gasteiger partial charge in [0, 0.05) is 10.9 Å². The summed E-state index contributed by atoms with van der Waals surface area (Å²) in [6.45, 7) is 4.05. The van der Waals surface area contributed by atoms with Gasteiger partial charge in [0.05, 0.1) is 26.0 Å². The van der Waals surface area contributed by atoms with Crippen LogP contribution in [-0.4, -0.2) is 19.2 Å². The number of aryl methyl sites for hydroxylation is 2. The average molecular weight is 278 g/mol. The first kappa shape index (κ1) is 13.8. The third-order valence-electron chi connectivity index (χ3n) is 3.04. The summed E-state index contributed by atoms with van der Waals surface area (Å²) in [6, 6.07) is 5.40. The van der Waals surface area contributed by atoms with E-state index in [1.165, 1.54) is 4.88 Å². The number of aromatic nitrogens is 1. The van der Waals surface area contributed by atoms with Crippen LogP contribution in [0.2, 0.25) is 0 Å². The monoisotopic (exact) mass is 278 g/mol. The zero-order valence-electron chi connectivity index (χ0n) is 11.6. The molecule has 1 unspecified atom stereocenters. The van der Waals surface area contributed by atoms with Crippen LogP contribution < -0.4 is 15.2 Å². The minimum absolute atomic E-state index is 0.263. The largest absolute Gasteiger partial charge is 0.497 e. The van der Waals surface area contributed by atoms with Crippen molar-refractivity contribution in [2.45, 2.75) is 19.9 Å². The van der Waals surface area contributed by atoms with E-state index in [1.54, 1.807) is 25.6 Å². The van der Waals surface area contributed by atoms with E-state index >= 15 is 0 Å². The number of thiazole rings is 1. The molecule has 2 aromatic rings. The highest BCUT2D eigenvalue weighted by atomic mass is 32.1. The minimum Gasteiger partial charge on any atom is -0.497 e. The van der Waals surface area contributed by atoms with E-state index in [4.69, 9.17) is 15.2 Å². The lowest BCUT2D eigenvalue weighted by Gasteiger charge is -2.12. The van der Waals surface area contributed by atoms with Crippen molar-refractivity contribution in [3.05, 3.63) is 39.3 Å². The number of methoxy groups -OCH3 is 2. The van der Waals surface area contributed by atoms with E-state index in [-0.39, 0.29) is 6.04 Å². The molecule has 1 aromatic heterocycles. The van der Waals surface area contributed by atoms with Gasteiger partial charge < -0.3 is 15.2 Å². The number of nitrogens with zero attached hydrogens (tertiary/aromatic N) is 1. The smallest absolute Gasteiger partial charge is 0.122 e. The number of ether oxygens (including phenoxy) is 2. The molecule has 0 aliphatic carbocycles. The van der Waals surface area contributed by atoms with Gasteiger partial charge in [-0.05, 0) is 31.5 Å². The van der Waals surface area contributed by atoms with Crippen molar-refractivity contribution in [1.82, 2.24) is 4.98 Å². The summed E-state index contributed by atoms with van der Waals surface area (Å²) in [7, 11) is 3.25. The van der Waals surface area contributed by atoms with Crippen LogP contribution in [0.1, 0.15) is 27.2 Å². The molecular formula is C14H18N2O2S. The van der Waals surface area contributed by atoms with Crippen LogP contribution in [0, 0.1) is 13.8 Å². The second kappa shape index (κ2) is 5.59. The molecule has 19 heavy (non-hydrogen) atoms. The van der Waals surface area contributed by atoms with Crippen molar-refractivity contribution in [2.24, 2.45) is 5.73 Å². The maximum Gasteiger partial charge on any atom is 0.122 e. The quantitative estimate of drug-likeness (QED) is 0.934. The fourth-order valence-electron chi connectivity index (χ4n) is 1.78. The summed E-state index contributed by atoms with van der Waals surface area (Å²) in [6.07, 6.45) is 0. The van der Waals surface area contributed by atoms with Crippen molar-refractivity contribution >= 4 is 11.3 Å². The summed E-state index contributed by atoms with van der Waals surface area (Å²) in [4.78, 5) is 5.70. The molecule has 0 saturated heterocycles. The molecule has 1 heterocycles. The van der Waals surface area contributed by atoms with Crippen LogP contribution in [0.25, 0.3) is 0 Å². The average Bonchev–Trinajstić information content (AvgIpc) is 2.77. The van der Waals surface area contributed by atoms with Crippen molar-refractivity contribution in [2.75, 3.05) is 14.2 Å². The lowest BCUT2D eigenvalue weighted by molar-refractivity contribution is 0.393. The summed E-state index contributed by atoms with van der Waals surface area (Å²) in [5.74, 6) is 1.46. The molecule has 0 aliphatic heterocycles. The Balaban J connectivity index is 2.39. The van der Waals surface area contributed by atoms with Gasteiger partial charge in [-0.3, -0.25) is 0 Å². The molecule has 1 aromatic carbocycles. The third-order valence-corrected chi connectivity index (χ3v) is 4.20. The molecule has 0 spiro atoms. The van der Waals surface area contributed by atoms with E-state index in [0.29, 0.717) is 0 Å². The van der Waals surface area contributed by atoms with Gasteiger partial charge in [-0.1, -0.05) is 0 Å². The van der Waals surface area contributed by atoms with Crippen molar-refractivity contribution in [1.29, 1.82) is 0 Å². The summed E-state index contributed by atoms with van der Waals surface area (Å²) >= 11 is 1.63. The van der Waals surface area contributed by atoms with Gasteiger partial charge in [-0.25, -0.2) is 4.98 Å². The Hall–Kier alpha value is -1.59. The highest BCUT2D eigenvalue weighted by molar-refractivity contribution is 7.11. The topological polar surface area (TPSA) is 57.4 Å². The van der Waals surface area contributed by atoms with Gasteiger partial charge in [0.15, 0.2) is 0 Å². The Morgan fingerprint density at radius 1 is 1.11 bits per heavy atom. The van der Waals surface area contributed by atoms with E-state index in [1.807, 2.05) is 25.1 Å². The minimum atomic E-state index is -0.263. The molecule has 0 radical (unpaired) electrons. The predicted molar refractivity (Wildman–Crippen MR) is 77.2 cm³/mol. The lowest BCUT2D eigenvalue weighted by Crippen LogP contribution is -2.12. The Morgan fingerprint density at radius 2 is 1.68 bits per heavy atom. The van der Waals surface area contributed by atoms with E-state index in [2.05, 4.69) is 11.9 Å². The molecule has 0 amide bonds. The van der Waals surface area contributed by atoms with Gasteiger partial charge in [-0.2, -0.15) is 0 Å². The molecule has 0 aliphatic rings. The maximum atomic E-state index is 6.28. The zero-order chi connectivity index (χ0) is 14.0. The molecule has 0 fully saturated rings.